The molecule has 0 spiro atoms. The number of benzene rings is 2. The molecule has 0 heterocycles. The monoisotopic (exact) mass is 392 g/mol. The molecule has 0 aliphatic rings. The number of thioether (sulfide) groups is 1. The lowest BCUT2D eigenvalue weighted by Crippen LogP contribution is -2.18. The van der Waals surface area contributed by atoms with Crippen LogP contribution in [0.1, 0.15) is 10.4 Å². The fourth-order valence-electron chi connectivity index (χ4n) is 1.97. The van der Waals surface area contributed by atoms with Gasteiger partial charge in [-0.25, -0.2) is 4.79 Å². The molecule has 6 nitrogen and oxygen atoms in total. The van der Waals surface area contributed by atoms with E-state index in [1.54, 1.807) is 48.5 Å². The van der Waals surface area contributed by atoms with Crippen LogP contribution in [0.3, 0.4) is 0 Å². The maximum absolute atomic E-state index is 11.9. The lowest BCUT2D eigenvalue weighted by Gasteiger charge is -2.07. The number of halogens is 1. The summed E-state index contributed by atoms with van der Waals surface area (Å²) >= 11 is 6.98. The molecule has 0 bridgehead atoms. The van der Waals surface area contributed by atoms with Crippen molar-refractivity contribution < 1.29 is 19.1 Å². The minimum atomic E-state index is -0.440. The number of hydrogen-bond donors (Lipinski definition) is 2. The molecule has 2 amide bonds. The smallest absolute Gasteiger partial charge is 0.337 e. The van der Waals surface area contributed by atoms with Crippen LogP contribution in [0.5, 0.6) is 0 Å². The van der Waals surface area contributed by atoms with Gasteiger partial charge < -0.3 is 15.4 Å². The molecule has 0 saturated carbocycles. The van der Waals surface area contributed by atoms with E-state index in [0.29, 0.717) is 22.0 Å². The van der Waals surface area contributed by atoms with Gasteiger partial charge in [0.25, 0.3) is 0 Å². The van der Waals surface area contributed by atoms with E-state index in [-0.39, 0.29) is 23.3 Å². The van der Waals surface area contributed by atoms with Crippen molar-refractivity contribution in [1.29, 1.82) is 0 Å². The maximum atomic E-state index is 11.9. The van der Waals surface area contributed by atoms with Gasteiger partial charge in [-0.1, -0.05) is 11.6 Å². The van der Waals surface area contributed by atoms with Crippen molar-refractivity contribution in [2.45, 2.75) is 0 Å². The Morgan fingerprint density at radius 2 is 1.35 bits per heavy atom. The predicted molar refractivity (Wildman–Crippen MR) is 104 cm³/mol. The largest absolute Gasteiger partial charge is 0.465 e. The Balaban J connectivity index is 1.72. The summed E-state index contributed by atoms with van der Waals surface area (Å²) in [6.07, 6.45) is 0. The molecule has 2 aromatic carbocycles. The summed E-state index contributed by atoms with van der Waals surface area (Å²) in [5, 5.41) is 6.01. The number of nitrogens with one attached hydrogen (secondary N) is 2. The van der Waals surface area contributed by atoms with Crippen molar-refractivity contribution in [2.24, 2.45) is 0 Å². The first-order valence-electron chi connectivity index (χ1n) is 7.59. The Morgan fingerprint density at radius 3 is 1.81 bits per heavy atom. The Morgan fingerprint density at radius 1 is 0.885 bits per heavy atom. The van der Waals surface area contributed by atoms with Crippen LogP contribution < -0.4 is 10.6 Å². The molecule has 0 fully saturated rings. The summed E-state index contributed by atoms with van der Waals surface area (Å²) < 4.78 is 4.61. The topological polar surface area (TPSA) is 84.5 Å². The first-order valence-corrected chi connectivity index (χ1v) is 9.12. The second-order valence-corrected chi connectivity index (χ2v) is 6.59. The van der Waals surface area contributed by atoms with Crippen LogP contribution in [0.25, 0.3) is 0 Å². The lowest BCUT2D eigenvalue weighted by molar-refractivity contribution is -0.114. The highest BCUT2D eigenvalue weighted by molar-refractivity contribution is 8.00. The summed E-state index contributed by atoms with van der Waals surface area (Å²) in [6.45, 7) is 0. The second-order valence-electron chi connectivity index (χ2n) is 5.16. The zero-order valence-electron chi connectivity index (χ0n) is 14.0. The summed E-state index contributed by atoms with van der Waals surface area (Å²) in [4.78, 5) is 35.1. The van der Waals surface area contributed by atoms with Crippen LogP contribution in [-0.2, 0) is 14.3 Å². The first kappa shape index (κ1) is 19.8. The molecular formula is C18H17ClN2O4S. The maximum Gasteiger partial charge on any atom is 0.337 e. The van der Waals surface area contributed by atoms with E-state index in [1.165, 1.54) is 18.9 Å². The third kappa shape index (κ3) is 6.42. The highest BCUT2D eigenvalue weighted by Gasteiger charge is 2.08. The van der Waals surface area contributed by atoms with Crippen LogP contribution >= 0.6 is 23.4 Å². The summed E-state index contributed by atoms with van der Waals surface area (Å²) in [7, 11) is 1.30. The Hall–Kier alpha value is -2.51. The molecule has 0 aliphatic carbocycles. The SMILES string of the molecule is COC(=O)c1ccc(NC(=O)CSCC(=O)Nc2ccc(Cl)cc2)cc1. The van der Waals surface area contributed by atoms with Crippen molar-refractivity contribution in [1.82, 2.24) is 0 Å². The number of carbonyl (C=O) groups is 3. The van der Waals surface area contributed by atoms with Crippen molar-refractivity contribution in [3.63, 3.8) is 0 Å². The van der Waals surface area contributed by atoms with Crippen molar-refractivity contribution >= 4 is 52.5 Å². The van der Waals surface area contributed by atoms with E-state index in [1.807, 2.05) is 0 Å². The molecule has 26 heavy (non-hydrogen) atoms. The summed E-state index contributed by atoms with van der Waals surface area (Å²) in [6, 6.07) is 13.1. The molecule has 2 rings (SSSR count). The molecule has 2 aromatic rings. The number of esters is 1. The highest BCUT2D eigenvalue weighted by Crippen LogP contribution is 2.14. The van der Waals surface area contributed by atoms with Gasteiger partial charge in [-0.3, -0.25) is 9.59 Å². The predicted octanol–water partition coefficient (Wildman–Crippen LogP) is 3.44. The van der Waals surface area contributed by atoms with E-state index < -0.39 is 5.97 Å². The van der Waals surface area contributed by atoms with Crippen molar-refractivity contribution in [2.75, 3.05) is 29.2 Å². The molecule has 0 saturated heterocycles. The molecule has 136 valence electrons. The Kier molecular flexibility index (Phi) is 7.50. The number of amides is 2. The normalized spacial score (nSPS) is 10.1. The molecule has 8 heteroatoms. The molecule has 0 aliphatic heterocycles. The number of rotatable bonds is 7. The van der Waals surface area contributed by atoms with E-state index >= 15 is 0 Å². The fraction of sp³-hybridized carbons (Fsp3) is 0.167. The van der Waals surface area contributed by atoms with Crippen LogP contribution in [0, 0.1) is 0 Å². The third-order valence-corrected chi connectivity index (χ3v) is 4.37. The average Bonchev–Trinajstić information content (AvgIpc) is 2.63. The third-order valence-electron chi connectivity index (χ3n) is 3.18. The molecule has 0 atom stereocenters. The van der Waals surface area contributed by atoms with Crippen LogP contribution in [0.2, 0.25) is 5.02 Å². The van der Waals surface area contributed by atoms with E-state index in [2.05, 4.69) is 15.4 Å². The molecule has 2 N–H and O–H groups in total. The molecular weight excluding hydrogens is 376 g/mol. The van der Waals surface area contributed by atoms with E-state index in [4.69, 9.17) is 11.6 Å². The quantitative estimate of drug-likeness (QED) is 0.705. The highest BCUT2D eigenvalue weighted by atomic mass is 35.5. The summed E-state index contributed by atoms with van der Waals surface area (Å²) in [5.41, 5.74) is 1.61. The van der Waals surface area contributed by atoms with E-state index in [9.17, 15) is 14.4 Å². The Labute approximate surface area is 160 Å². The van der Waals surface area contributed by atoms with Gasteiger partial charge in [-0.15, -0.1) is 11.8 Å². The number of ether oxygens (including phenoxy) is 1. The van der Waals surface area contributed by atoms with Gasteiger partial charge in [0.1, 0.15) is 0 Å². The van der Waals surface area contributed by atoms with E-state index in [0.717, 1.165) is 0 Å². The van der Waals surface area contributed by atoms with Gasteiger partial charge in [0.05, 0.1) is 24.2 Å². The second kappa shape index (κ2) is 9.84. The molecule has 0 radical (unpaired) electrons. The number of anilines is 2. The molecule has 0 unspecified atom stereocenters. The number of hydrogen-bond acceptors (Lipinski definition) is 5. The zero-order valence-corrected chi connectivity index (χ0v) is 15.5. The van der Waals surface area contributed by atoms with Gasteiger partial charge in [0.15, 0.2) is 0 Å². The Bertz CT molecular complexity index is 779. The zero-order chi connectivity index (χ0) is 18.9. The lowest BCUT2D eigenvalue weighted by atomic mass is 10.2. The van der Waals surface area contributed by atoms with Crippen molar-refractivity contribution in [3.05, 3.63) is 59.1 Å². The van der Waals surface area contributed by atoms with Gasteiger partial charge >= 0.3 is 5.97 Å². The standard InChI is InChI=1S/C18H17ClN2O4S/c1-25-18(24)12-2-6-14(7-3-12)20-16(22)10-26-11-17(23)21-15-8-4-13(19)5-9-15/h2-9H,10-11H2,1H3,(H,20,22)(H,21,23). The summed E-state index contributed by atoms with van der Waals surface area (Å²) in [5.74, 6) is -0.595. The number of methoxy groups -OCH3 is 1. The first-order chi connectivity index (χ1) is 12.5. The van der Waals surface area contributed by atoms with Gasteiger partial charge in [0.2, 0.25) is 11.8 Å². The van der Waals surface area contributed by atoms with Crippen LogP contribution in [0.4, 0.5) is 11.4 Å². The van der Waals surface area contributed by atoms with Crippen LogP contribution in [-0.4, -0.2) is 36.4 Å². The minimum Gasteiger partial charge on any atom is -0.465 e. The minimum absolute atomic E-state index is 0.132. The van der Waals surface area contributed by atoms with Crippen molar-refractivity contribution in [3.8, 4) is 0 Å². The van der Waals surface area contributed by atoms with Gasteiger partial charge in [-0.2, -0.15) is 0 Å². The average molecular weight is 393 g/mol. The van der Waals surface area contributed by atoms with Gasteiger partial charge in [-0.05, 0) is 48.5 Å². The molecule has 0 aromatic heterocycles. The van der Waals surface area contributed by atoms with Gasteiger partial charge in [0, 0.05) is 16.4 Å². The number of carbonyl (C=O) groups excluding carboxylic acids is 3. The fourth-order valence-corrected chi connectivity index (χ4v) is 2.71. The van der Waals surface area contributed by atoms with Crippen LogP contribution in [0.15, 0.2) is 48.5 Å².